The van der Waals surface area contributed by atoms with Crippen molar-refractivity contribution in [3.8, 4) is 0 Å². The molecular formula is C17H25NO. The van der Waals surface area contributed by atoms with E-state index in [1.807, 2.05) is 0 Å². The van der Waals surface area contributed by atoms with Crippen molar-refractivity contribution >= 4 is 11.0 Å². The zero-order valence-electron chi connectivity index (χ0n) is 12.7. The van der Waals surface area contributed by atoms with Crippen LogP contribution in [-0.4, -0.2) is 0 Å². The largest absolute Gasteiger partial charge is 0.459 e. The quantitative estimate of drug-likeness (QED) is 0.856. The van der Waals surface area contributed by atoms with E-state index in [1.54, 1.807) is 0 Å². The standard InChI is InChI=1S/C17H25NO/c1-6-7-14(18)15-10-12-9-13(17(3,4)5)8-11(2)16(12)19-15/h8-10,14H,6-7,18H2,1-5H3. The molecule has 0 bridgehead atoms. The molecule has 0 radical (unpaired) electrons. The fraction of sp³-hybridized carbons (Fsp3) is 0.529. The van der Waals surface area contributed by atoms with Crippen LogP contribution in [-0.2, 0) is 5.41 Å². The van der Waals surface area contributed by atoms with Crippen molar-refractivity contribution in [2.45, 2.75) is 58.9 Å². The SMILES string of the molecule is CCCC(N)c1cc2cc(C(C)(C)C)cc(C)c2o1. The highest BCUT2D eigenvalue weighted by molar-refractivity contribution is 5.82. The van der Waals surface area contributed by atoms with Gasteiger partial charge in [0.05, 0.1) is 6.04 Å². The Balaban J connectivity index is 2.51. The number of rotatable bonds is 3. The molecular weight excluding hydrogens is 234 g/mol. The van der Waals surface area contributed by atoms with Gasteiger partial charge in [0.25, 0.3) is 0 Å². The molecule has 1 unspecified atom stereocenters. The molecule has 0 saturated heterocycles. The van der Waals surface area contributed by atoms with Gasteiger partial charge < -0.3 is 10.2 Å². The smallest absolute Gasteiger partial charge is 0.137 e. The normalized spacial score (nSPS) is 14.0. The zero-order valence-corrected chi connectivity index (χ0v) is 12.7. The first-order chi connectivity index (χ1) is 8.82. The van der Waals surface area contributed by atoms with E-state index in [4.69, 9.17) is 10.2 Å². The molecule has 2 aromatic rings. The van der Waals surface area contributed by atoms with Gasteiger partial charge in [-0.25, -0.2) is 0 Å². The van der Waals surface area contributed by atoms with Crippen LogP contribution in [0.3, 0.4) is 0 Å². The number of furan rings is 1. The summed E-state index contributed by atoms with van der Waals surface area (Å²) in [6.45, 7) is 11.0. The van der Waals surface area contributed by atoms with E-state index in [1.165, 1.54) is 16.5 Å². The van der Waals surface area contributed by atoms with E-state index < -0.39 is 0 Å². The predicted molar refractivity (Wildman–Crippen MR) is 81.5 cm³/mol. The van der Waals surface area contributed by atoms with Crippen molar-refractivity contribution in [2.75, 3.05) is 0 Å². The molecule has 1 aromatic heterocycles. The lowest BCUT2D eigenvalue weighted by Crippen LogP contribution is -2.10. The zero-order chi connectivity index (χ0) is 14.2. The lowest BCUT2D eigenvalue weighted by atomic mass is 9.85. The first kappa shape index (κ1) is 14.1. The molecule has 0 fully saturated rings. The average molecular weight is 259 g/mol. The third-order valence-electron chi connectivity index (χ3n) is 3.65. The Morgan fingerprint density at radius 2 is 1.89 bits per heavy atom. The highest BCUT2D eigenvalue weighted by atomic mass is 16.3. The molecule has 0 spiro atoms. The van der Waals surface area contributed by atoms with Crippen molar-refractivity contribution in [1.29, 1.82) is 0 Å². The van der Waals surface area contributed by atoms with E-state index in [9.17, 15) is 0 Å². The van der Waals surface area contributed by atoms with Gasteiger partial charge in [0.15, 0.2) is 0 Å². The van der Waals surface area contributed by atoms with Gasteiger partial charge in [-0.05, 0) is 42.0 Å². The van der Waals surface area contributed by atoms with E-state index in [0.717, 1.165) is 24.2 Å². The molecule has 1 aromatic carbocycles. The van der Waals surface area contributed by atoms with Crippen molar-refractivity contribution in [3.63, 3.8) is 0 Å². The number of fused-ring (bicyclic) bond motifs is 1. The van der Waals surface area contributed by atoms with E-state index in [2.05, 4.69) is 52.8 Å². The monoisotopic (exact) mass is 259 g/mol. The molecule has 1 heterocycles. The third kappa shape index (κ3) is 2.84. The average Bonchev–Trinajstić information content (AvgIpc) is 2.72. The molecule has 0 saturated carbocycles. The summed E-state index contributed by atoms with van der Waals surface area (Å²) in [6, 6.07) is 6.57. The van der Waals surface area contributed by atoms with Crippen molar-refractivity contribution in [3.05, 3.63) is 35.1 Å². The molecule has 0 aliphatic carbocycles. The Labute approximate surface area is 116 Å². The Hall–Kier alpha value is -1.28. The minimum Gasteiger partial charge on any atom is -0.459 e. The van der Waals surface area contributed by atoms with Gasteiger partial charge in [-0.3, -0.25) is 0 Å². The van der Waals surface area contributed by atoms with Crippen LogP contribution in [0.15, 0.2) is 22.6 Å². The Kier molecular flexibility index (Phi) is 3.73. The second-order valence-corrected chi connectivity index (χ2v) is 6.51. The third-order valence-corrected chi connectivity index (χ3v) is 3.65. The summed E-state index contributed by atoms with van der Waals surface area (Å²) in [7, 11) is 0. The van der Waals surface area contributed by atoms with Crippen molar-refractivity contribution in [1.82, 2.24) is 0 Å². The van der Waals surface area contributed by atoms with Crippen LogP contribution in [0.25, 0.3) is 11.0 Å². The molecule has 0 aliphatic heterocycles. The van der Waals surface area contributed by atoms with E-state index in [0.29, 0.717) is 0 Å². The van der Waals surface area contributed by atoms with Gasteiger partial charge in [-0.15, -0.1) is 0 Å². The predicted octanol–water partition coefficient (Wildman–Crippen LogP) is 4.84. The molecule has 0 amide bonds. The topological polar surface area (TPSA) is 39.2 Å². The minimum absolute atomic E-state index is 0.00915. The first-order valence-corrected chi connectivity index (χ1v) is 7.13. The molecule has 104 valence electrons. The van der Waals surface area contributed by atoms with Crippen LogP contribution in [0.2, 0.25) is 0 Å². The van der Waals surface area contributed by atoms with Crippen LogP contribution in [0, 0.1) is 6.92 Å². The molecule has 19 heavy (non-hydrogen) atoms. The maximum Gasteiger partial charge on any atom is 0.137 e. The van der Waals surface area contributed by atoms with Gasteiger partial charge >= 0.3 is 0 Å². The number of nitrogens with two attached hydrogens (primary N) is 1. The number of hydrogen-bond acceptors (Lipinski definition) is 2. The Morgan fingerprint density at radius 3 is 2.47 bits per heavy atom. The summed E-state index contributed by atoms with van der Waals surface area (Å²) in [6.07, 6.45) is 2.04. The maximum atomic E-state index is 6.15. The summed E-state index contributed by atoms with van der Waals surface area (Å²) >= 11 is 0. The number of benzene rings is 1. The first-order valence-electron chi connectivity index (χ1n) is 7.13. The van der Waals surface area contributed by atoms with Crippen LogP contribution >= 0.6 is 0 Å². The summed E-state index contributed by atoms with van der Waals surface area (Å²) in [5, 5.41) is 1.17. The van der Waals surface area contributed by atoms with Gasteiger partial charge in [0, 0.05) is 5.39 Å². The molecule has 2 N–H and O–H groups in total. The fourth-order valence-corrected chi connectivity index (χ4v) is 2.42. The highest BCUT2D eigenvalue weighted by Gasteiger charge is 2.18. The van der Waals surface area contributed by atoms with Crippen molar-refractivity contribution in [2.24, 2.45) is 5.73 Å². The minimum atomic E-state index is 0.00915. The maximum absolute atomic E-state index is 6.15. The summed E-state index contributed by atoms with van der Waals surface area (Å²) in [5.41, 5.74) is 9.82. The summed E-state index contributed by atoms with van der Waals surface area (Å²) in [5.74, 6) is 0.908. The van der Waals surface area contributed by atoms with E-state index >= 15 is 0 Å². The second kappa shape index (κ2) is 5.01. The molecule has 2 rings (SSSR count). The van der Waals surface area contributed by atoms with Gasteiger partial charge in [0.2, 0.25) is 0 Å². The van der Waals surface area contributed by atoms with Gasteiger partial charge in [-0.1, -0.05) is 40.2 Å². The van der Waals surface area contributed by atoms with Gasteiger partial charge in [0.1, 0.15) is 11.3 Å². The van der Waals surface area contributed by atoms with E-state index in [-0.39, 0.29) is 11.5 Å². The summed E-state index contributed by atoms with van der Waals surface area (Å²) in [4.78, 5) is 0. The lowest BCUT2D eigenvalue weighted by Gasteiger charge is -2.19. The second-order valence-electron chi connectivity index (χ2n) is 6.51. The molecule has 1 atom stereocenters. The van der Waals surface area contributed by atoms with Crippen LogP contribution in [0.4, 0.5) is 0 Å². The fourth-order valence-electron chi connectivity index (χ4n) is 2.42. The van der Waals surface area contributed by atoms with Crippen LogP contribution in [0.1, 0.15) is 63.5 Å². The Bertz CT molecular complexity index is 575. The molecule has 2 heteroatoms. The highest BCUT2D eigenvalue weighted by Crippen LogP contribution is 2.32. The van der Waals surface area contributed by atoms with Crippen molar-refractivity contribution < 1.29 is 4.42 Å². The lowest BCUT2D eigenvalue weighted by molar-refractivity contribution is 0.474. The number of aryl methyl sites for hydroxylation is 1. The Morgan fingerprint density at radius 1 is 1.21 bits per heavy atom. The molecule has 0 aliphatic rings. The number of hydrogen-bond donors (Lipinski definition) is 1. The molecule has 2 nitrogen and oxygen atoms in total. The summed E-state index contributed by atoms with van der Waals surface area (Å²) < 4.78 is 5.96. The van der Waals surface area contributed by atoms with Gasteiger partial charge in [-0.2, -0.15) is 0 Å². The van der Waals surface area contributed by atoms with Crippen LogP contribution < -0.4 is 5.73 Å². The van der Waals surface area contributed by atoms with Crippen LogP contribution in [0.5, 0.6) is 0 Å².